The standard InChI is InChI=1S/C16H17ClN2O2/c1-10(2)14-8-15(19-9-18-14)13(16(20)21)7-11-4-3-5-12(17)6-11/h3-6,8-10,13H,7H2,1-2H3,(H,20,21). The van der Waals surface area contributed by atoms with Gasteiger partial charge in [0.15, 0.2) is 0 Å². The van der Waals surface area contributed by atoms with Crippen molar-refractivity contribution in [2.45, 2.75) is 32.1 Å². The summed E-state index contributed by atoms with van der Waals surface area (Å²) in [7, 11) is 0. The lowest BCUT2D eigenvalue weighted by Gasteiger charge is -2.14. The van der Waals surface area contributed by atoms with Crippen LogP contribution in [0.5, 0.6) is 0 Å². The highest BCUT2D eigenvalue weighted by molar-refractivity contribution is 6.30. The molecule has 1 aromatic carbocycles. The zero-order chi connectivity index (χ0) is 15.4. The van der Waals surface area contributed by atoms with Crippen LogP contribution < -0.4 is 0 Å². The number of aromatic nitrogens is 2. The molecule has 0 fully saturated rings. The second-order valence-electron chi connectivity index (χ2n) is 5.25. The molecular weight excluding hydrogens is 288 g/mol. The van der Waals surface area contributed by atoms with Crippen molar-refractivity contribution < 1.29 is 9.90 Å². The summed E-state index contributed by atoms with van der Waals surface area (Å²) in [5.41, 5.74) is 2.25. The minimum absolute atomic E-state index is 0.229. The van der Waals surface area contributed by atoms with Crippen LogP contribution in [0.3, 0.4) is 0 Å². The van der Waals surface area contributed by atoms with E-state index in [2.05, 4.69) is 9.97 Å². The predicted octanol–water partition coefficient (Wildman–Crippen LogP) is 3.66. The van der Waals surface area contributed by atoms with Crippen LogP contribution in [0.15, 0.2) is 36.7 Å². The van der Waals surface area contributed by atoms with Gasteiger partial charge in [0.05, 0.1) is 5.69 Å². The lowest BCUT2D eigenvalue weighted by atomic mass is 9.95. The van der Waals surface area contributed by atoms with E-state index in [9.17, 15) is 9.90 Å². The smallest absolute Gasteiger partial charge is 0.312 e. The highest BCUT2D eigenvalue weighted by Gasteiger charge is 2.22. The average Bonchev–Trinajstić information content (AvgIpc) is 2.44. The fraction of sp³-hybridized carbons (Fsp3) is 0.312. The summed E-state index contributed by atoms with van der Waals surface area (Å²) in [4.78, 5) is 19.9. The predicted molar refractivity (Wildman–Crippen MR) is 81.7 cm³/mol. The fourth-order valence-corrected chi connectivity index (χ4v) is 2.33. The first kappa shape index (κ1) is 15.4. The van der Waals surface area contributed by atoms with Gasteiger partial charge in [-0.3, -0.25) is 4.79 Å². The van der Waals surface area contributed by atoms with E-state index in [4.69, 9.17) is 11.6 Å². The van der Waals surface area contributed by atoms with Crippen molar-refractivity contribution in [3.05, 3.63) is 58.6 Å². The molecule has 0 aliphatic heterocycles. The van der Waals surface area contributed by atoms with Gasteiger partial charge in [-0.15, -0.1) is 0 Å². The minimum atomic E-state index is -0.900. The van der Waals surface area contributed by atoms with Crippen molar-refractivity contribution in [2.24, 2.45) is 0 Å². The topological polar surface area (TPSA) is 63.1 Å². The van der Waals surface area contributed by atoms with Crippen molar-refractivity contribution in [3.8, 4) is 0 Å². The molecule has 2 aromatic rings. The van der Waals surface area contributed by atoms with Crippen molar-refractivity contribution >= 4 is 17.6 Å². The van der Waals surface area contributed by atoms with Crippen LogP contribution in [0.25, 0.3) is 0 Å². The number of nitrogens with zero attached hydrogens (tertiary/aromatic N) is 2. The molecule has 0 spiro atoms. The molecule has 21 heavy (non-hydrogen) atoms. The molecule has 1 aromatic heterocycles. The third-order valence-electron chi connectivity index (χ3n) is 3.28. The van der Waals surface area contributed by atoms with Gasteiger partial charge in [0.2, 0.25) is 0 Å². The van der Waals surface area contributed by atoms with Crippen molar-refractivity contribution in [1.82, 2.24) is 9.97 Å². The van der Waals surface area contributed by atoms with E-state index < -0.39 is 11.9 Å². The number of hydrogen-bond acceptors (Lipinski definition) is 3. The Bertz CT molecular complexity index is 644. The van der Waals surface area contributed by atoms with E-state index in [0.29, 0.717) is 17.1 Å². The summed E-state index contributed by atoms with van der Waals surface area (Å²) in [6.07, 6.45) is 1.78. The number of carboxylic acids is 1. The first-order chi connectivity index (χ1) is 9.97. The van der Waals surface area contributed by atoms with Crippen molar-refractivity contribution in [2.75, 3.05) is 0 Å². The van der Waals surface area contributed by atoms with Crippen molar-refractivity contribution in [3.63, 3.8) is 0 Å². The highest BCUT2D eigenvalue weighted by atomic mass is 35.5. The van der Waals surface area contributed by atoms with Crippen LogP contribution in [-0.4, -0.2) is 21.0 Å². The molecule has 0 bridgehead atoms. The summed E-state index contributed by atoms with van der Waals surface area (Å²) in [5, 5.41) is 10.1. The van der Waals surface area contributed by atoms with Crippen LogP contribution in [0.2, 0.25) is 5.02 Å². The summed E-state index contributed by atoms with van der Waals surface area (Å²) in [5.74, 6) is -1.38. The zero-order valence-corrected chi connectivity index (χ0v) is 12.7. The number of hydrogen-bond donors (Lipinski definition) is 1. The Hall–Kier alpha value is -1.94. The quantitative estimate of drug-likeness (QED) is 0.915. The van der Waals surface area contributed by atoms with Crippen LogP contribution in [-0.2, 0) is 11.2 Å². The molecule has 0 aliphatic carbocycles. The normalized spacial score (nSPS) is 12.4. The molecule has 0 aliphatic rings. The van der Waals surface area contributed by atoms with E-state index in [-0.39, 0.29) is 5.92 Å². The fourth-order valence-electron chi connectivity index (χ4n) is 2.11. The molecule has 0 amide bonds. The first-order valence-electron chi connectivity index (χ1n) is 6.76. The number of halogens is 1. The van der Waals surface area contributed by atoms with Gasteiger partial charge in [-0.05, 0) is 36.1 Å². The number of carboxylic acid groups (broad SMARTS) is 1. The Morgan fingerprint density at radius 1 is 1.24 bits per heavy atom. The maximum absolute atomic E-state index is 11.6. The number of aliphatic carboxylic acids is 1. The van der Waals surface area contributed by atoms with Gasteiger partial charge in [0.1, 0.15) is 12.2 Å². The van der Waals surface area contributed by atoms with Crippen LogP contribution in [0, 0.1) is 0 Å². The second kappa shape index (κ2) is 6.68. The van der Waals surface area contributed by atoms with E-state index in [0.717, 1.165) is 11.3 Å². The summed E-state index contributed by atoms with van der Waals surface area (Å²) >= 11 is 5.95. The van der Waals surface area contributed by atoms with Crippen LogP contribution in [0.1, 0.15) is 42.6 Å². The Kier molecular flexibility index (Phi) is 4.91. The Balaban J connectivity index is 2.31. The molecule has 0 radical (unpaired) electrons. The van der Waals surface area contributed by atoms with Crippen molar-refractivity contribution in [1.29, 1.82) is 0 Å². The average molecular weight is 305 g/mol. The third kappa shape index (κ3) is 4.02. The third-order valence-corrected chi connectivity index (χ3v) is 3.52. The summed E-state index contributed by atoms with van der Waals surface area (Å²) < 4.78 is 0. The lowest BCUT2D eigenvalue weighted by Crippen LogP contribution is -2.16. The molecule has 1 unspecified atom stereocenters. The van der Waals surface area contributed by atoms with E-state index in [1.807, 2.05) is 26.0 Å². The van der Waals surface area contributed by atoms with E-state index in [1.165, 1.54) is 6.33 Å². The maximum atomic E-state index is 11.6. The van der Waals surface area contributed by atoms with Gasteiger partial charge < -0.3 is 5.11 Å². The molecule has 1 N–H and O–H groups in total. The summed E-state index contributed by atoms with van der Waals surface area (Å²) in [6.45, 7) is 4.03. The van der Waals surface area contributed by atoms with E-state index in [1.54, 1.807) is 18.2 Å². The Morgan fingerprint density at radius 2 is 1.95 bits per heavy atom. The van der Waals surface area contributed by atoms with Gasteiger partial charge >= 0.3 is 5.97 Å². The zero-order valence-electron chi connectivity index (χ0n) is 12.0. The number of benzene rings is 1. The molecule has 4 nitrogen and oxygen atoms in total. The second-order valence-corrected chi connectivity index (χ2v) is 5.68. The molecule has 2 rings (SSSR count). The molecule has 5 heteroatoms. The van der Waals surface area contributed by atoms with E-state index >= 15 is 0 Å². The molecular formula is C16H17ClN2O2. The SMILES string of the molecule is CC(C)c1cc(C(Cc2cccc(Cl)c2)C(=O)O)ncn1. The molecule has 1 atom stereocenters. The van der Waals surface area contributed by atoms with Gasteiger partial charge in [-0.25, -0.2) is 9.97 Å². The highest BCUT2D eigenvalue weighted by Crippen LogP contribution is 2.23. The molecule has 1 heterocycles. The first-order valence-corrected chi connectivity index (χ1v) is 7.14. The van der Waals surface area contributed by atoms with Gasteiger partial charge in [-0.1, -0.05) is 37.6 Å². The maximum Gasteiger partial charge on any atom is 0.312 e. The molecule has 0 saturated heterocycles. The molecule has 0 saturated carbocycles. The largest absolute Gasteiger partial charge is 0.481 e. The Labute approximate surface area is 128 Å². The number of rotatable bonds is 5. The van der Waals surface area contributed by atoms with Gasteiger partial charge in [0.25, 0.3) is 0 Å². The molecule has 110 valence electrons. The lowest BCUT2D eigenvalue weighted by molar-refractivity contribution is -0.138. The summed E-state index contributed by atoms with van der Waals surface area (Å²) in [6, 6.07) is 9.00. The van der Waals surface area contributed by atoms with Gasteiger partial charge in [-0.2, -0.15) is 0 Å². The minimum Gasteiger partial charge on any atom is -0.481 e. The van der Waals surface area contributed by atoms with Crippen LogP contribution in [0.4, 0.5) is 0 Å². The monoisotopic (exact) mass is 304 g/mol. The number of carbonyl (C=O) groups is 1. The van der Waals surface area contributed by atoms with Crippen LogP contribution >= 0.6 is 11.6 Å². The Morgan fingerprint density at radius 3 is 2.57 bits per heavy atom. The van der Waals surface area contributed by atoms with Gasteiger partial charge in [0, 0.05) is 10.7 Å².